The van der Waals surface area contributed by atoms with Crippen LogP contribution >= 0.6 is 0 Å². The number of carbonyl (C=O) groups excluding carboxylic acids is 2. The number of ketones is 1. The van der Waals surface area contributed by atoms with Gasteiger partial charge in [-0.2, -0.15) is 0 Å². The zero-order valence-electron chi connectivity index (χ0n) is 10.4. The van der Waals surface area contributed by atoms with Crippen molar-refractivity contribution in [1.82, 2.24) is 0 Å². The smallest absolute Gasteiger partial charge is 0.343 e. The van der Waals surface area contributed by atoms with Crippen molar-refractivity contribution in [1.29, 1.82) is 0 Å². The molecular weight excluding hydrogens is 244 g/mol. The zero-order valence-corrected chi connectivity index (χ0v) is 10.4. The summed E-state index contributed by atoms with van der Waals surface area (Å²) in [6.45, 7) is 1.40. The molecule has 0 radical (unpaired) electrons. The summed E-state index contributed by atoms with van der Waals surface area (Å²) >= 11 is 0. The fraction of sp³-hybridized carbons (Fsp3) is 0.333. The Bertz CT molecular complexity index is 563. The van der Waals surface area contributed by atoms with Crippen molar-refractivity contribution in [3.8, 4) is 0 Å². The summed E-state index contributed by atoms with van der Waals surface area (Å²) in [6.07, 6.45) is 2.57. The first-order chi connectivity index (χ1) is 9.04. The van der Waals surface area contributed by atoms with Crippen LogP contribution in [0.4, 0.5) is 0 Å². The van der Waals surface area contributed by atoms with Crippen LogP contribution in [0.1, 0.15) is 18.4 Å². The second-order valence-electron chi connectivity index (χ2n) is 5.08. The molecule has 1 saturated heterocycles. The van der Waals surface area contributed by atoms with Gasteiger partial charge in [0.15, 0.2) is 5.60 Å². The van der Waals surface area contributed by atoms with E-state index >= 15 is 0 Å². The van der Waals surface area contributed by atoms with Crippen LogP contribution in [-0.2, 0) is 14.3 Å². The molecule has 4 nitrogen and oxygen atoms in total. The molecule has 2 bridgehead atoms. The van der Waals surface area contributed by atoms with Crippen molar-refractivity contribution in [2.45, 2.75) is 24.5 Å². The van der Waals surface area contributed by atoms with E-state index in [1.165, 1.54) is 13.0 Å². The maximum absolute atomic E-state index is 11.9. The molecule has 1 aromatic carbocycles. The summed E-state index contributed by atoms with van der Waals surface area (Å²) in [6, 6.07) is 9.37. The third kappa shape index (κ3) is 1.64. The Labute approximate surface area is 110 Å². The summed E-state index contributed by atoms with van der Waals surface area (Å²) in [5.41, 5.74) is -0.941. The first-order valence-corrected chi connectivity index (χ1v) is 6.22. The minimum absolute atomic E-state index is 0.206. The normalized spacial score (nSPS) is 36.1. The quantitative estimate of drug-likeness (QED) is 0.639. The van der Waals surface area contributed by atoms with E-state index < -0.39 is 23.6 Å². The minimum Gasteiger partial charge on any atom is -0.455 e. The van der Waals surface area contributed by atoms with E-state index in [1.807, 2.05) is 30.3 Å². The van der Waals surface area contributed by atoms with Crippen LogP contribution in [0.25, 0.3) is 0 Å². The molecule has 1 aliphatic carbocycles. The molecule has 1 N–H and O–H groups in total. The van der Waals surface area contributed by atoms with Gasteiger partial charge in [0.2, 0.25) is 0 Å². The zero-order chi connectivity index (χ0) is 13.6. The molecule has 2 aliphatic heterocycles. The van der Waals surface area contributed by atoms with E-state index in [9.17, 15) is 14.7 Å². The molecule has 1 aromatic rings. The molecule has 0 spiro atoms. The van der Waals surface area contributed by atoms with Crippen molar-refractivity contribution in [3.05, 3.63) is 48.0 Å². The molecule has 3 aliphatic rings. The number of ether oxygens (including phenoxy) is 1. The molecule has 4 rings (SSSR count). The highest BCUT2D eigenvalue weighted by Crippen LogP contribution is 2.46. The number of carbonyl (C=O) groups is 2. The van der Waals surface area contributed by atoms with E-state index in [2.05, 4.69) is 0 Å². The predicted octanol–water partition coefficient (Wildman–Crippen LogP) is 1.20. The monoisotopic (exact) mass is 258 g/mol. The molecule has 4 heteroatoms. The molecule has 0 unspecified atom stereocenters. The van der Waals surface area contributed by atoms with E-state index in [1.54, 1.807) is 6.08 Å². The predicted molar refractivity (Wildman–Crippen MR) is 67.3 cm³/mol. The standard InChI is InChI=1S/C15H14O4/c1-9(16)13-12(10-5-3-2-4-6-10)11-7-8-15(13,18)14(17)19-11/h2-8,11-13,18H,1H3/t11-,12-,13+,15-/m1/s1. The molecule has 2 heterocycles. The highest BCUT2D eigenvalue weighted by Gasteiger charge is 2.59. The van der Waals surface area contributed by atoms with Crippen molar-refractivity contribution < 1.29 is 19.4 Å². The van der Waals surface area contributed by atoms with Gasteiger partial charge in [-0.3, -0.25) is 4.79 Å². The molecule has 4 atom stereocenters. The maximum Gasteiger partial charge on any atom is 0.343 e. The highest BCUT2D eigenvalue weighted by molar-refractivity contribution is 5.94. The molecule has 0 saturated carbocycles. The Kier molecular flexibility index (Phi) is 2.57. The summed E-state index contributed by atoms with van der Waals surface area (Å²) in [5.74, 6) is -2.05. The molecule has 19 heavy (non-hydrogen) atoms. The summed E-state index contributed by atoms with van der Waals surface area (Å²) < 4.78 is 5.21. The maximum atomic E-state index is 11.9. The number of fused-ring (bicyclic) bond motifs is 2. The lowest BCUT2D eigenvalue weighted by molar-refractivity contribution is -0.189. The second kappa shape index (κ2) is 4.03. The van der Waals surface area contributed by atoms with Crippen molar-refractivity contribution in [2.75, 3.05) is 0 Å². The van der Waals surface area contributed by atoms with Gasteiger partial charge in [-0.25, -0.2) is 4.79 Å². The van der Waals surface area contributed by atoms with Gasteiger partial charge >= 0.3 is 5.97 Å². The highest BCUT2D eigenvalue weighted by atomic mass is 16.6. The van der Waals surface area contributed by atoms with Crippen LogP contribution in [0.3, 0.4) is 0 Å². The van der Waals surface area contributed by atoms with Gasteiger partial charge in [0.1, 0.15) is 11.9 Å². The van der Waals surface area contributed by atoms with Crippen LogP contribution in [0.2, 0.25) is 0 Å². The number of esters is 1. The second-order valence-corrected chi connectivity index (χ2v) is 5.08. The number of rotatable bonds is 2. The molecule has 98 valence electrons. The number of hydrogen-bond acceptors (Lipinski definition) is 4. The number of aliphatic hydroxyl groups is 1. The summed E-state index contributed by atoms with van der Waals surface area (Å²) in [5, 5.41) is 10.5. The van der Waals surface area contributed by atoms with Crippen molar-refractivity contribution in [3.63, 3.8) is 0 Å². The summed E-state index contributed by atoms with van der Waals surface area (Å²) in [7, 11) is 0. The average Bonchev–Trinajstić information content (AvgIpc) is 2.40. The van der Waals surface area contributed by atoms with Gasteiger partial charge in [0.25, 0.3) is 0 Å². The molecule has 0 aromatic heterocycles. The largest absolute Gasteiger partial charge is 0.455 e. The lowest BCUT2D eigenvalue weighted by atomic mass is 9.65. The molecular formula is C15H14O4. The third-order valence-corrected chi connectivity index (χ3v) is 3.92. The van der Waals surface area contributed by atoms with Crippen LogP contribution in [0.5, 0.6) is 0 Å². The number of Topliss-reactive ketones (excluding diaryl/α,β-unsaturated/α-hetero) is 1. The first kappa shape index (κ1) is 12.1. The van der Waals surface area contributed by atoms with Gasteiger partial charge in [0.05, 0.1) is 5.92 Å². The number of hydrogen-bond donors (Lipinski definition) is 1. The first-order valence-electron chi connectivity index (χ1n) is 6.22. The van der Waals surface area contributed by atoms with E-state index in [0.29, 0.717) is 0 Å². The van der Waals surface area contributed by atoms with Gasteiger partial charge in [-0.05, 0) is 24.6 Å². The van der Waals surface area contributed by atoms with Crippen molar-refractivity contribution >= 4 is 11.8 Å². The molecule has 0 amide bonds. The Morgan fingerprint density at radius 1 is 1.32 bits per heavy atom. The Morgan fingerprint density at radius 2 is 2.00 bits per heavy atom. The van der Waals surface area contributed by atoms with Crippen molar-refractivity contribution in [2.24, 2.45) is 5.92 Å². The number of benzene rings is 1. The lowest BCUT2D eigenvalue weighted by Crippen LogP contribution is -2.60. The van der Waals surface area contributed by atoms with Crippen LogP contribution < -0.4 is 0 Å². The topological polar surface area (TPSA) is 63.6 Å². The summed E-state index contributed by atoms with van der Waals surface area (Å²) in [4.78, 5) is 23.7. The minimum atomic E-state index is -1.83. The van der Waals surface area contributed by atoms with Crippen LogP contribution in [0, 0.1) is 5.92 Å². The SMILES string of the molecule is CC(=O)[C@H]1[C@H](c2ccccc2)[C@H]2C=C[C@]1(O)C(=O)O2. The lowest BCUT2D eigenvalue weighted by Gasteiger charge is -2.47. The Hall–Kier alpha value is -1.94. The third-order valence-electron chi connectivity index (χ3n) is 3.92. The van der Waals surface area contributed by atoms with Gasteiger partial charge in [-0.15, -0.1) is 0 Å². The van der Waals surface area contributed by atoms with Gasteiger partial charge in [-0.1, -0.05) is 30.3 Å². The van der Waals surface area contributed by atoms with Gasteiger partial charge in [0, 0.05) is 5.92 Å². The van der Waals surface area contributed by atoms with E-state index in [-0.39, 0.29) is 11.7 Å². The fourth-order valence-corrected chi connectivity index (χ4v) is 3.07. The van der Waals surface area contributed by atoms with E-state index in [4.69, 9.17) is 4.74 Å². The fourth-order valence-electron chi connectivity index (χ4n) is 3.07. The van der Waals surface area contributed by atoms with E-state index in [0.717, 1.165) is 5.56 Å². The van der Waals surface area contributed by atoms with Crippen LogP contribution in [-0.4, -0.2) is 28.6 Å². The van der Waals surface area contributed by atoms with Gasteiger partial charge < -0.3 is 9.84 Å². The average molecular weight is 258 g/mol. The van der Waals surface area contributed by atoms with Crippen LogP contribution in [0.15, 0.2) is 42.5 Å². The Balaban J connectivity index is 2.13. The Morgan fingerprint density at radius 3 is 2.58 bits per heavy atom. The molecule has 1 fully saturated rings.